The molecule has 27 heavy (non-hydrogen) atoms. The zero-order valence-corrected chi connectivity index (χ0v) is 15.3. The minimum Gasteiger partial charge on any atom is -0.494 e. The second-order valence-corrected chi connectivity index (χ2v) is 6.79. The molecule has 0 unspecified atom stereocenters. The lowest BCUT2D eigenvalue weighted by molar-refractivity contribution is 0.102. The Bertz CT molecular complexity index is 1050. The van der Waals surface area contributed by atoms with Gasteiger partial charge in [-0.15, -0.1) is 0 Å². The molecule has 1 heterocycles. The number of hydrogen-bond acceptors (Lipinski definition) is 3. The van der Waals surface area contributed by atoms with Gasteiger partial charge in [0, 0.05) is 22.2 Å². The second-order valence-electron chi connectivity index (χ2n) is 6.79. The first-order valence-corrected chi connectivity index (χ1v) is 9.37. The number of aromatic amines is 1. The summed E-state index contributed by atoms with van der Waals surface area (Å²) in [6.45, 7) is 2.51. The number of nitrogens with one attached hydrogen (secondary N) is 2. The van der Waals surface area contributed by atoms with Crippen LogP contribution in [0.15, 0.2) is 47.3 Å². The van der Waals surface area contributed by atoms with E-state index in [-0.39, 0.29) is 11.5 Å². The van der Waals surface area contributed by atoms with E-state index in [1.807, 2.05) is 25.1 Å². The number of carbonyl (C=O) groups excluding carboxylic acids is 1. The molecule has 0 aliphatic heterocycles. The fourth-order valence-electron chi connectivity index (χ4n) is 3.71. The van der Waals surface area contributed by atoms with Gasteiger partial charge < -0.3 is 15.0 Å². The van der Waals surface area contributed by atoms with Crippen molar-refractivity contribution in [3.8, 4) is 5.75 Å². The summed E-state index contributed by atoms with van der Waals surface area (Å²) in [5, 5.41) is 3.97. The van der Waals surface area contributed by atoms with Crippen LogP contribution in [0.25, 0.3) is 10.9 Å². The maximum atomic E-state index is 12.5. The third kappa shape index (κ3) is 3.45. The summed E-state index contributed by atoms with van der Waals surface area (Å²) in [6, 6.07) is 12.7. The molecule has 0 saturated carbocycles. The fraction of sp³-hybridized carbons (Fsp3) is 0.273. The Balaban J connectivity index is 1.60. The van der Waals surface area contributed by atoms with Crippen LogP contribution in [0.4, 0.5) is 5.69 Å². The monoisotopic (exact) mass is 362 g/mol. The van der Waals surface area contributed by atoms with Crippen LogP contribution in [0.2, 0.25) is 0 Å². The molecule has 4 rings (SSSR count). The van der Waals surface area contributed by atoms with Crippen molar-refractivity contribution < 1.29 is 9.53 Å². The molecule has 5 heteroatoms. The van der Waals surface area contributed by atoms with Crippen molar-refractivity contribution in [3.63, 3.8) is 0 Å². The summed E-state index contributed by atoms with van der Waals surface area (Å²) >= 11 is 0. The van der Waals surface area contributed by atoms with E-state index in [0.29, 0.717) is 17.9 Å². The summed E-state index contributed by atoms with van der Waals surface area (Å²) in [5.74, 6) is 0.541. The SMILES string of the molecule is CCOc1ccc(C(=O)Nc2ccc3c4c(c(=O)[nH]c3c2)CCCC4)cc1. The van der Waals surface area contributed by atoms with Crippen molar-refractivity contribution in [1.82, 2.24) is 4.98 Å². The molecule has 0 radical (unpaired) electrons. The number of amides is 1. The smallest absolute Gasteiger partial charge is 0.255 e. The van der Waals surface area contributed by atoms with E-state index in [1.54, 1.807) is 24.3 Å². The Labute approximate surface area is 157 Å². The summed E-state index contributed by atoms with van der Waals surface area (Å²) < 4.78 is 5.40. The minimum absolute atomic E-state index is 0.00723. The second kappa shape index (κ2) is 7.27. The van der Waals surface area contributed by atoms with Crippen LogP contribution in [0.1, 0.15) is 41.3 Å². The van der Waals surface area contributed by atoms with E-state index in [9.17, 15) is 9.59 Å². The molecule has 2 aromatic carbocycles. The number of H-pyrrole nitrogens is 1. The summed E-state index contributed by atoms with van der Waals surface area (Å²) in [7, 11) is 0. The number of fused-ring (bicyclic) bond motifs is 3. The molecule has 1 aromatic heterocycles. The predicted molar refractivity (Wildman–Crippen MR) is 107 cm³/mol. The van der Waals surface area contributed by atoms with Gasteiger partial charge >= 0.3 is 0 Å². The van der Waals surface area contributed by atoms with E-state index in [1.165, 1.54) is 0 Å². The molecule has 138 valence electrons. The van der Waals surface area contributed by atoms with Crippen LogP contribution in [-0.4, -0.2) is 17.5 Å². The van der Waals surface area contributed by atoms with Crippen LogP contribution in [0.3, 0.4) is 0 Å². The summed E-state index contributed by atoms with van der Waals surface area (Å²) in [6.07, 6.45) is 3.96. The van der Waals surface area contributed by atoms with Gasteiger partial charge in [-0.05, 0) is 74.6 Å². The first-order valence-electron chi connectivity index (χ1n) is 9.37. The largest absolute Gasteiger partial charge is 0.494 e. The quantitative estimate of drug-likeness (QED) is 0.735. The highest BCUT2D eigenvalue weighted by Crippen LogP contribution is 2.27. The van der Waals surface area contributed by atoms with Gasteiger partial charge in [-0.25, -0.2) is 0 Å². The van der Waals surface area contributed by atoms with E-state index in [2.05, 4.69) is 10.3 Å². The highest BCUT2D eigenvalue weighted by Gasteiger charge is 2.16. The molecule has 0 spiro atoms. The molecule has 0 bridgehead atoms. The van der Waals surface area contributed by atoms with E-state index in [0.717, 1.165) is 53.5 Å². The number of hydrogen-bond donors (Lipinski definition) is 2. The molecular formula is C22H22N2O3. The van der Waals surface area contributed by atoms with Crippen LogP contribution < -0.4 is 15.6 Å². The lowest BCUT2D eigenvalue weighted by Crippen LogP contribution is -2.19. The zero-order valence-electron chi connectivity index (χ0n) is 15.3. The maximum Gasteiger partial charge on any atom is 0.255 e. The van der Waals surface area contributed by atoms with Crippen LogP contribution >= 0.6 is 0 Å². The normalized spacial score (nSPS) is 13.2. The zero-order chi connectivity index (χ0) is 18.8. The van der Waals surface area contributed by atoms with Crippen LogP contribution in [-0.2, 0) is 12.8 Å². The molecule has 0 atom stereocenters. The third-order valence-electron chi connectivity index (χ3n) is 5.02. The van der Waals surface area contributed by atoms with Gasteiger partial charge in [0.1, 0.15) is 5.75 Å². The number of anilines is 1. The van der Waals surface area contributed by atoms with Crippen molar-refractivity contribution in [2.24, 2.45) is 0 Å². The summed E-state index contributed by atoms with van der Waals surface area (Å²) in [5.41, 5.74) is 4.05. The van der Waals surface area contributed by atoms with Crippen molar-refractivity contribution in [2.75, 3.05) is 11.9 Å². The third-order valence-corrected chi connectivity index (χ3v) is 5.02. The average Bonchev–Trinajstić information content (AvgIpc) is 2.69. The molecule has 2 N–H and O–H groups in total. The van der Waals surface area contributed by atoms with Crippen LogP contribution in [0, 0.1) is 0 Å². The van der Waals surface area contributed by atoms with Gasteiger partial charge in [-0.2, -0.15) is 0 Å². The number of carbonyl (C=O) groups is 1. The number of pyridine rings is 1. The minimum atomic E-state index is -0.197. The van der Waals surface area contributed by atoms with Gasteiger partial charge in [0.05, 0.1) is 12.1 Å². The molecule has 1 amide bonds. The number of benzene rings is 2. The van der Waals surface area contributed by atoms with Gasteiger partial charge in [-0.3, -0.25) is 9.59 Å². The topological polar surface area (TPSA) is 71.2 Å². The van der Waals surface area contributed by atoms with Gasteiger partial charge in [0.25, 0.3) is 11.5 Å². The highest BCUT2D eigenvalue weighted by molar-refractivity contribution is 6.05. The maximum absolute atomic E-state index is 12.5. The van der Waals surface area contributed by atoms with Crippen molar-refractivity contribution in [2.45, 2.75) is 32.6 Å². The molecular weight excluding hydrogens is 340 g/mol. The average molecular weight is 362 g/mol. The lowest BCUT2D eigenvalue weighted by Gasteiger charge is -2.17. The van der Waals surface area contributed by atoms with E-state index in [4.69, 9.17) is 4.74 Å². The first-order chi connectivity index (χ1) is 13.2. The number of ether oxygens (including phenoxy) is 1. The standard InChI is InChI=1S/C22H22N2O3/c1-2-27-16-10-7-14(8-11-16)21(25)23-15-9-12-18-17-5-3-4-6-19(17)22(26)24-20(18)13-15/h7-13H,2-6H2,1H3,(H,23,25)(H,24,26). The van der Waals surface area contributed by atoms with Gasteiger partial charge in [0.15, 0.2) is 0 Å². The van der Waals surface area contributed by atoms with E-state index < -0.39 is 0 Å². The molecule has 1 aliphatic carbocycles. The summed E-state index contributed by atoms with van der Waals surface area (Å²) in [4.78, 5) is 27.8. The number of rotatable bonds is 4. The fourth-order valence-corrected chi connectivity index (χ4v) is 3.71. The number of aromatic nitrogens is 1. The number of aryl methyl sites for hydroxylation is 1. The molecule has 0 fully saturated rings. The molecule has 3 aromatic rings. The van der Waals surface area contributed by atoms with Crippen molar-refractivity contribution in [1.29, 1.82) is 0 Å². The predicted octanol–water partition coefficient (Wildman–Crippen LogP) is 4.06. The first kappa shape index (κ1) is 17.3. The lowest BCUT2D eigenvalue weighted by atomic mass is 9.90. The molecule has 5 nitrogen and oxygen atoms in total. The Hall–Kier alpha value is -3.08. The van der Waals surface area contributed by atoms with Gasteiger partial charge in [-0.1, -0.05) is 6.07 Å². The molecule has 1 aliphatic rings. The highest BCUT2D eigenvalue weighted by atomic mass is 16.5. The molecule has 0 saturated heterocycles. The van der Waals surface area contributed by atoms with E-state index >= 15 is 0 Å². The van der Waals surface area contributed by atoms with Crippen molar-refractivity contribution >= 4 is 22.5 Å². The van der Waals surface area contributed by atoms with Gasteiger partial charge in [0.2, 0.25) is 0 Å². The Kier molecular flexibility index (Phi) is 4.67. The Morgan fingerprint density at radius 1 is 1.07 bits per heavy atom. The van der Waals surface area contributed by atoms with Crippen LogP contribution in [0.5, 0.6) is 5.75 Å². The Morgan fingerprint density at radius 2 is 1.81 bits per heavy atom. The van der Waals surface area contributed by atoms with Crippen molar-refractivity contribution in [3.05, 3.63) is 69.5 Å². The Morgan fingerprint density at radius 3 is 2.56 bits per heavy atom.